The molecule has 0 fully saturated rings. The molecule has 1 nitrogen and oxygen atoms in total. The molecule has 0 saturated carbocycles. The van der Waals surface area contributed by atoms with Crippen molar-refractivity contribution < 1.29 is 9.18 Å². The molecule has 2 aromatic rings. The number of hydrogen-bond donors (Lipinski definition) is 0. The van der Waals surface area contributed by atoms with Crippen LogP contribution in [0.5, 0.6) is 0 Å². The fraction of sp³-hybridized carbons (Fsp3) is 0.214. The van der Waals surface area contributed by atoms with Crippen molar-refractivity contribution in [3.63, 3.8) is 0 Å². The summed E-state index contributed by atoms with van der Waals surface area (Å²) in [5.74, 6) is -0.0784. The SMILES string of the molecule is CC(C)C(=O)c1ccc(-c2ccc(F)cc2I)s1. The Bertz CT molecular complexity index is 589. The number of hydrogen-bond acceptors (Lipinski definition) is 2. The van der Waals surface area contributed by atoms with Crippen LogP contribution in [0.2, 0.25) is 0 Å². The lowest BCUT2D eigenvalue weighted by molar-refractivity contribution is 0.0943. The van der Waals surface area contributed by atoms with Gasteiger partial charge in [0.2, 0.25) is 0 Å². The van der Waals surface area contributed by atoms with Gasteiger partial charge in [-0.2, -0.15) is 0 Å². The lowest BCUT2D eigenvalue weighted by atomic mass is 10.1. The maximum atomic E-state index is 13.0. The minimum absolute atomic E-state index is 0.00351. The molecule has 4 heteroatoms. The van der Waals surface area contributed by atoms with Crippen molar-refractivity contribution in [2.24, 2.45) is 5.92 Å². The van der Waals surface area contributed by atoms with Gasteiger partial charge in [0, 0.05) is 19.9 Å². The fourth-order valence-electron chi connectivity index (χ4n) is 1.59. The molecule has 1 heterocycles. The molecule has 0 amide bonds. The maximum Gasteiger partial charge on any atom is 0.175 e. The second-order valence-electron chi connectivity index (χ2n) is 4.31. The third-order valence-corrected chi connectivity index (χ3v) is 4.60. The fourth-order valence-corrected chi connectivity index (χ4v) is 3.67. The van der Waals surface area contributed by atoms with Crippen LogP contribution in [0.4, 0.5) is 4.39 Å². The van der Waals surface area contributed by atoms with E-state index in [1.54, 1.807) is 6.07 Å². The zero-order valence-corrected chi connectivity index (χ0v) is 13.0. The molecule has 1 aromatic heterocycles. The van der Waals surface area contributed by atoms with E-state index < -0.39 is 0 Å². The van der Waals surface area contributed by atoms with Gasteiger partial charge in [-0.1, -0.05) is 13.8 Å². The smallest absolute Gasteiger partial charge is 0.175 e. The summed E-state index contributed by atoms with van der Waals surface area (Å²) in [6.07, 6.45) is 0. The van der Waals surface area contributed by atoms with Gasteiger partial charge in [-0.25, -0.2) is 4.39 Å². The van der Waals surface area contributed by atoms with Gasteiger partial charge in [0.25, 0.3) is 0 Å². The van der Waals surface area contributed by atoms with Gasteiger partial charge in [-0.3, -0.25) is 4.79 Å². The van der Waals surface area contributed by atoms with Crippen LogP contribution >= 0.6 is 33.9 Å². The summed E-state index contributed by atoms with van der Waals surface area (Å²) < 4.78 is 13.9. The van der Waals surface area contributed by atoms with Gasteiger partial charge in [-0.15, -0.1) is 11.3 Å². The standard InChI is InChI=1S/C14H12FIOS/c1-8(2)14(17)13-6-5-12(18-13)10-4-3-9(15)7-11(10)16/h3-8H,1-2H3. The molecule has 0 radical (unpaired) electrons. The topological polar surface area (TPSA) is 17.1 Å². The Morgan fingerprint density at radius 3 is 2.61 bits per heavy atom. The summed E-state index contributed by atoms with van der Waals surface area (Å²) in [4.78, 5) is 13.6. The molecule has 0 saturated heterocycles. The quantitative estimate of drug-likeness (QED) is 0.546. The number of Topliss-reactive ketones (excluding diaryl/α,β-unsaturated/α-hetero) is 1. The van der Waals surface area contributed by atoms with Crippen LogP contribution in [-0.4, -0.2) is 5.78 Å². The number of carbonyl (C=O) groups excluding carboxylic acids is 1. The largest absolute Gasteiger partial charge is 0.293 e. The van der Waals surface area contributed by atoms with Crippen LogP contribution in [-0.2, 0) is 0 Å². The minimum atomic E-state index is -0.238. The minimum Gasteiger partial charge on any atom is -0.293 e. The Morgan fingerprint density at radius 1 is 1.28 bits per heavy atom. The zero-order chi connectivity index (χ0) is 13.3. The molecule has 0 aliphatic rings. The molecule has 0 atom stereocenters. The molecule has 0 N–H and O–H groups in total. The monoisotopic (exact) mass is 374 g/mol. The molecule has 0 spiro atoms. The summed E-state index contributed by atoms with van der Waals surface area (Å²) in [5, 5.41) is 0. The van der Waals surface area contributed by atoms with E-state index in [1.807, 2.05) is 26.0 Å². The third kappa shape index (κ3) is 2.80. The number of carbonyl (C=O) groups is 1. The van der Waals surface area contributed by atoms with E-state index in [0.29, 0.717) is 0 Å². The van der Waals surface area contributed by atoms with Crippen molar-refractivity contribution in [2.75, 3.05) is 0 Å². The molecule has 0 aliphatic heterocycles. The van der Waals surface area contributed by atoms with Crippen molar-refractivity contribution in [1.82, 2.24) is 0 Å². The van der Waals surface area contributed by atoms with Gasteiger partial charge in [0.1, 0.15) is 5.82 Å². The van der Waals surface area contributed by atoms with E-state index in [0.717, 1.165) is 18.9 Å². The summed E-state index contributed by atoms with van der Waals surface area (Å²) >= 11 is 3.58. The average molecular weight is 374 g/mol. The van der Waals surface area contributed by atoms with Crippen molar-refractivity contribution in [3.8, 4) is 10.4 Å². The van der Waals surface area contributed by atoms with Gasteiger partial charge in [0.15, 0.2) is 5.78 Å². The van der Waals surface area contributed by atoms with Crippen molar-refractivity contribution in [2.45, 2.75) is 13.8 Å². The molecule has 1 aromatic carbocycles. The number of rotatable bonds is 3. The number of halogens is 2. The molecule has 2 rings (SSSR count). The Balaban J connectivity index is 2.38. The lowest BCUT2D eigenvalue weighted by Gasteiger charge is -2.02. The summed E-state index contributed by atoms with van der Waals surface area (Å²) in [6, 6.07) is 8.48. The average Bonchev–Trinajstić information content (AvgIpc) is 2.77. The van der Waals surface area contributed by atoms with Gasteiger partial charge < -0.3 is 0 Å². The highest BCUT2D eigenvalue weighted by Crippen LogP contribution is 2.32. The third-order valence-electron chi connectivity index (χ3n) is 2.57. The van der Waals surface area contributed by atoms with Crippen LogP contribution in [0, 0.1) is 15.3 Å². The molecule has 0 unspecified atom stereocenters. The maximum absolute atomic E-state index is 13.0. The van der Waals surface area contributed by atoms with E-state index in [4.69, 9.17) is 0 Å². The Hall–Kier alpha value is -0.750. The Morgan fingerprint density at radius 2 is 2.00 bits per heavy atom. The van der Waals surface area contributed by atoms with Gasteiger partial charge in [-0.05, 0) is 52.9 Å². The molecule has 94 valence electrons. The van der Waals surface area contributed by atoms with Gasteiger partial charge >= 0.3 is 0 Å². The second kappa shape index (κ2) is 5.48. The van der Waals surface area contributed by atoms with Gasteiger partial charge in [0.05, 0.1) is 4.88 Å². The summed E-state index contributed by atoms with van der Waals surface area (Å²) in [7, 11) is 0. The highest BCUT2D eigenvalue weighted by atomic mass is 127. The van der Waals surface area contributed by atoms with E-state index in [9.17, 15) is 9.18 Å². The molecule has 0 aliphatic carbocycles. The first kappa shape index (κ1) is 13.7. The van der Waals surface area contributed by atoms with Crippen LogP contribution < -0.4 is 0 Å². The number of ketones is 1. The Labute approximate surface area is 123 Å². The Kier molecular flexibility index (Phi) is 4.17. The molecular weight excluding hydrogens is 362 g/mol. The molecule has 18 heavy (non-hydrogen) atoms. The van der Waals surface area contributed by atoms with Crippen molar-refractivity contribution in [1.29, 1.82) is 0 Å². The van der Waals surface area contributed by atoms with E-state index in [2.05, 4.69) is 22.6 Å². The van der Waals surface area contributed by atoms with E-state index in [1.165, 1.54) is 23.5 Å². The van der Waals surface area contributed by atoms with Crippen LogP contribution in [0.25, 0.3) is 10.4 Å². The van der Waals surface area contributed by atoms with Crippen LogP contribution in [0.15, 0.2) is 30.3 Å². The summed E-state index contributed by atoms with van der Waals surface area (Å²) in [5.41, 5.74) is 0.977. The normalized spacial score (nSPS) is 10.9. The van der Waals surface area contributed by atoms with Crippen LogP contribution in [0.1, 0.15) is 23.5 Å². The number of benzene rings is 1. The van der Waals surface area contributed by atoms with Crippen molar-refractivity contribution >= 4 is 39.7 Å². The zero-order valence-electron chi connectivity index (χ0n) is 10.0. The second-order valence-corrected chi connectivity index (χ2v) is 6.55. The van der Waals surface area contributed by atoms with E-state index in [-0.39, 0.29) is 17.5 Å². The molecule has 0 bridgehead atoms. The first-order chi connectivity index (χ1) is 8.49. The highest BCUT2D eigenvalue weighted by Gasteiger charge is 2.14. The van der Waals surface area contributed by atoms with Crippen LogP contribution in [0.3, 0.4) is 0 Å². The van der Waals surface area contributed by atoms with Crippen molar-refractivity contribution in [3.05, 3.63) is 44.6 Å². The molecular formula is C14H12FIOS. The highest BCUT2D eigenvalue weighted by molar-refractivity contribution is 14.1. The predicted molar refractivity (Wildman–Crippen MR) is 81.6 cm³/mol. The summed E-state index contributed by atoms with van der Waals surface area (Å²) in [6.45, 7) is 3.78. The predicted octanol–water partition coefficient (Wildman–Crippen LogP) is 5.00. The first-order valence-electron chi connectivity index (χ1n) is 5.58. The number of thiophene rings is 1. The first-order valence-corrected chi connectivity index (χ1v) is 7.48. The lowest BCUT2D eigenvalue weighted by Crippen LogP contribution is -2.04. The van der Waals surface area contributed by atoms with E-state index >= 15 is 0 Å².